The van der Waals surface area contributed by atoms with Crippen LogP contribution >= 0.6 is 0 Å². The first kappa shape index (κ1) is 14.1. The predicted molar refractivity (Wildman–Crippen MR) is 85.0 cm³/mol. The van der Waals surface area contributed by atoms with Gasteiger partial charge in [-0.25, -0.2) is 8.78 Å². The molecule has 2 heterocycles. The Morgan fingerprint density at radius 2 is 1.87 bits per heavy atom. The molecule has 1 unspecified atom stereocenters. The molecule has 1 saturated heterocycles. The van der Waals surface area contributed by atoms with Crippen molar-refractivity contribution >= 4 is 17.2 Å². The van der Waals surface area contributed by atoms with Crippen LogP contribution in [0.1, 0.15) is 30.9 Å². The third-order valence-electron chi connectivity index (χ3n) is 4.71. The number of halogens is 2. The number of carbonyl (C=O) groups is 1. The zero-order valence-electron chi connectivity index (χ0n) is 12.6. The summed E-state index contributed by atoms with van der Waals surface area (Å²) in [5.41, 5.74) is 1.78. The molecule has 1 fully saturated rings. The lowest BCUT2D eigenvalue weighted by Gasteiger charge is -2.39. The lowest BCUT2D eigenvalue weighted by molar-refractivity contribution is -0.117. The molecule has 2 aliphatic rings. The number of amides is 1. The molecule has 4 rings (SSSR count). The van der Waals surface area contributed by atoms with Gasteiger partial charge in [0, 0.05) is 17.5 Å². The molecule has 2 aromatic carbocycles. The van der Waals surface area contributed by atoms with E-state index < -0.39 is 11.4 Å². The van der Waals surface area contributed by atoms with E-state index in [9.17, 15) is 13.6 Å². The summed E-state index contributed by atoms with van der Waals surface area (Å²) in [6.45, 7) is 1.96. The predicted octanol–water partition coefficient (Wildman–Crippen LogP) is 4.30. The maximum atomic E-state index is 14.3. The van der Waals surface area contributed by atoms with Gasteiger partial charge in [-0.1, -0.05) is 24.3 Å². The van der Waals surface area contributed by atoms with Gasteiger partial charge in [0.05, 0.1) is 11.2 Å². The second-order valence-corrected chi connectivity index (χ2v) is 6.29. The molecular formula is C19H15F2NO. The lowest BCUT2D eigenvalue weighted by atomic mass is 9.84. The lowest BCUT2D eigenvalue weighted by Crippen LogP contribution is -2.44. The molecule has 116 valence electrons. The summed E-state index contributed by atoms with van der Waals surface area (Å²) in [5, 5.41) is 0. The highest BCUT2D eigenvalue weighted by molar-refractivity contribution is 6.04. The molecule has 0 bridgehead atoms. The van der Waals surface area contributed by atoms with E-state index in [0.29, 0.717) is 35.2 Å². The number of anilines is 1. The molecule has 0 aliphatic carbocycles. The van der Waals surface area contributed by atoms with Crippen molar-refractivity contribution in [1.29, 1.82) is 0 Å². The smallest absolute Gasteiger partial charge is 0.227 e. The first-order chi connectivity index (χ1) is 11.0. The van der Waals surface area contributed by atoms with E-state index in [4.69, 9.17) is 0 Å². The fraction of sp³-hybridized carbons (Fsp3) is 0.211. The third kappa shape index (κ3) is 2.01. The van der Waals surface area contributed by atoms with Gasteiger partial charge in [-0.3, -0.25) is 4.79 Å². The van der Waals surface area contributed by atoms with E-state index in [0.717, 1.165) is 0 Å². The Balaban J connectivity index is 2.02. The summed E-state index contributed by atoms with van der Waals surface area (Å²) < 4.78 is 28.1. The topological polar surface area (TPSA) is 20.3 Å². The van der Waals surface area contributed by atoms with Crippen LogP contribution in [-0.2, 0) is 4.79 Å². The molecule has 1 amide bonds. The first-order valence-corrected chi connectivity index (χ1v) is 7.60. The highest BCUT2D eigenvalue weighted by Crippen LogP contribution is 2.47. The molecule has 2 aromatic rings. The van der Waals surface area contributed by atoms with Gasteiger partial charge in [0.2, 0.25) is 5.91 Å². The fourth-order valence-electron chi connectivity index (χ4n) is 3.62. The van der Waals surface area contributed by atoms with Gasteiger partial charge in [-0.05, 0) is 43.2 Å². The minimum atomic E-state index is -0.500. The molecule has 0 saturated carbocycles. The van der Waals surface area contributed by atoms with Gasteiger partial charge in [0.25, 0.3) is 0 Å². The van der Waals surface area contributed by atoms with Crippen LogP contribution in [0.2, 0.25) is 0 Å². The highest BCUT2D eigenvalue weighted by Gasteiger charge is 2.45. The summed E-state index contributed by atoms with van der Waals surface area (Å²) >= 11 is 0. The van der Waals surface area contributed by atoms with E-state index in [1.807, 2.05) is 13.0 Å². The normalized spacial score (nSPS) is 22.7. The SMILES string of the molecule is CC12C=C(c3ccccc3F)c3cc(F)ccc3N1C(=O)CC2. The third-order valence-corrected chi connectivity index (χ3v) is 4.71. The van der Waals surface area contributed by atoms with Crippen molar-refractivity contribution in [3.63, 3.8) is 0 Å². The van der Waals surface area contributed by atoms with E-state index in [-0.39, 0.29) is 11.7 Å². The molecule has 0 N–H and O–H groups in total. The average molecular weight is 311 g/mol. The van der Waals surface area contributed by atoms with Crippen molar-refractivity contribution in [2.24, 2.45) is 0 Å². The van der Waals surface area contributed by atoms with Gasteiger partial charge in [0.15, 0.2) is 0 Å². The highest BCUT2D eigenvalue weighted by atomic mass is 19.1. The summed E-state index contributed by atoms with van der Waals surface area (Å²) in [6, 6.07) is 10.8. The number of hydrogen-bond donors (Lipinski definition) is 0. The molecule has 2 nitrogen and oxygen atoms in total. The van der Waals surface area contributed by atoms with Crippen LogP contribution in [0.4, 0.5) is 14.5 Å². The second-order valence-electron chi connectivity index (χ2n) is 6.29. The van der Waals surface area contributed by atoms with E-state index in [1.165, 1.54) is 18.2 Å². The van der Waals surface area contributed by atoms with Crippen LogP contribution in [0.15, 0.2) is 48.5 Å². The van der Waals surface area contributed by atoms with Crippen molar-refractivity contribution in [1.82, 2.24) is 0 Å². The standard InChI is InChI=1S/C19H15F2NO/c1-19-9-8-18(23)22(19)17-7-6-12(20)10-14(17)15(11-19)13-4-2-3-5-16(13)21/h2-7,10-11H,8-9H2,1H3. The summed E-state index contributed by atoms with van der Waals surface area (Å²) in [6.07, 6.45) is 3.01. The quantitative estimate of drug-likeness (QED) is 0.769. The van der Waals surface area contributed by atoms with Gasteiger partial charge in [0.1, 0.15) is 11.6 Å². The van der Waals surface area contributed by atoms with Crippen LogP contribution in [0, 0.1) is 11.6 Å². The van der Waals surface area contributed by atoms with Crippen molar-refractivity contribution in [3.8, 4) is 0 Å². The van der Waals surface area contributed by atoms with Crippen LogP contribution < -0.4 is 4.90 Å². The Bertz CT molecular complexity index is 858. The van der Waals surface area contributed by atoms with Crippen LogP contribution in [0.25, 0.3) is 5.57 Å². The van der Waals surface area contributed by atoms with Crippen molar-refractivity contribution < 1.29 is 13.6 Å². The molecule has 0 aromatic heterocycles. The van der Waals surface area contributed by atoms with Crippen molar-refractivity contribution in [2.75, 3.05) is 4.90 Å². The Labute approximate surface area is 133 Å². The van der Waals surface area contributed by atoms with Crippen molar-refractivity contribution in [2.45, 2.75) is 25.3 Å². The Hall–Kier alpha value is -2.49. The summed E-state index contributed by atoms with van der Waals surface area (Å²) in [4.78, 5) is 14.0. The summed E-state index contributed by atoms with van der Waals surface area (Å²) in [5.74, 6) is -0.735. The van der Waals surface area contributed by atoms with Gasteiger partial charge in [-0.15, -0.1) is 0 Å². The number of benzene rings is 2. The van der Waals surface area contributed by atoms with E-state index in [1.54, 1.807) is 29.2 Å². The first-order valence-electron chi connectivity index (χ1n) is 7.60. The van der Waals surface area contributed by atoms with Crippen molar-refractivity contribution in [3.05, 3.63) is 71.3 Å². The molecule has 4 heteroatoms. The van der Waals surface area contributed by atoms with Gasteiger partial charge in [-0.2, -0.15) is 0 Å². The number of rotatable bonds is 1. The molecule has 2 aliphatic heterocycles. The molecule has 23 heavy (non-hydrogen) atoms. The second kappa shape index (κ2) is 4.75. The molecule has 0 radical (unpaired) electrons. The largest absolute Gasteiger partial charge is 0.302 e. The van der Waals surface area contributed by atoms with Crippen LogP contribution in [0.3, 0.4) is 0 Å². The number of hydrogen-bond acceptors (Lipinski definition) is 1. The zero-order chi connectivity index (χ0) is 16.2. The molecule has 0 spiro atoms. The van der Waals surface area contributed by atoms with Gasteiger partial charge < -0.3 is 4.90 Å². The monoisotopic (exact) mass is 311 g/mol. The minimum absolute atomic E-state index is 0.0178. The maximum Gasteiger partial charge on any atom is 0.227 e. The Kier molecular flexibility index (Phi) is 2.92. The van der Waals surface area contributed by atoms with E-state index in [2.05, 4.69) is 0 Å². The molecule has 1 atom stereocenters. The van der Waals surface area contributed by atoms with Crippen LogP contribution in [0.5, 0.6) is 0 Å². The Morgan fingerprint density at radius 3 is 2.65 bits per heavy atom. The fourth-order valence-corrected chi connectivity index (χ4v) is 3.62. The van der Waals surface area contributed by atoms with E-state index >= 15 is 0 Å². The molecular weight excluding hydrogens is 296 g/mol. The Morgan fingerprint density at radius 1 is 1.09 bits per heavy atom. The summed E-state index contributed by atoms with van der Waals surface area (Å²) in [7, 11) is 0. The average Bonchev–Trinajstić information content (AvgIpc) is 2.83. The number of fused-ring (bicyclic) bond motifs is 3. The van der Waals surface area contributed by atoms with Gasteiger partial charge >= 0.3 is 0 Å². The zero-order valence-corrected chi connectivity index (χ0v) is 12.6. The maximum absolute atomic E-state index is 14.3. The minimum Gasteiger partial charge on any atom is -0.302 e. The van der Waals surface area contributed by atoms with Crippen LogP contribution in [-0.4, -0.2) is 11.4 Å². The number of nitrogens with zero attached hydrogens (tertiary/aromatic N) is 1. The number of carbonyl (C=O) groups excluding carboxylic acids is 1.